The summed E-state index contributed by atoms with van der Waals surface area (Å²) >= 11 is 0. The molecule has 1 heterocycles. The first-order valence-electron chi connectivity index (χ1n) is 9.17. The molecule has 1 N–H and O–H groups in total. The minimum atomic E-state index is 0.107. The predicted molar refractivity (Wildman–Crippen MR) is 92.6 cm³/mol. The first-order valence-corrected chi connectivity index (χ1v) is 9.17. The maximum absolute atomic E-state index is 6.56. The quantitative estimate of drug-likeness (QED) is 0.753. The van der Waals surface area contributed by atoms with Crippen LogP contribution in [0.4, 0.5) is 0 Å². The van der Waals surface area contributed by atoms with E-state index in [4.69, 9.17) is 4.74 Å². The Balaban J connectivity index is 1.84. The molecule has 3 rings (SSSR count). The molecule has 0 bridgehead atoms. The Labute approximate surface area is 135 Å². The van der Waals surface area contributed by atoms with Gasteiger partial charge in [-0.1, -0.05) is 25.8 Å². The van der Waals surface area contributed by atoms with Crippen LogP contribution in [-0.2, 0) is 0 Å². The van der Waals surface area contributed by atoms with Gasteiger partial charge in [-0.05, 0) is 69.7 Å². The van der Waals surface area contributed by atoms with Crippen LogP contribution in [0, 0.1) is 13.8 Å². The van der Waals surface area contributed by atoms with Gasteiger partial charge in [0.2, 0.25) is 0 Å². The normalized spacial score (nSPS) is 22.6. The molecule has 2 nitrogen and oxygen atoms in total. The Kier molecular flexibility index (Phi) is 4.77. The number of fused-ring (bicyclic) bond motifs is 1. The molecule has 1 unspecified atom stereocenters. The lowest BCUT2D eigenvalue weighted by Crippen LogP contribution is -2.42. The summed E-state index contributed by atoms with van der Waals surface area (Å²) in [6.45, 7) is 7.81. The first-order chi connectivity index (χ1) is 10.6. The molecule has 1 aromatic rings. The van der Waals surface area contributed by atoms with E-state index >= 15 is 0 Å². The van der Waals surface area contributed by atoms with E-state index in [2.05, 4.69) is 38.2 Å². The third kappa shape index (κ3) is 3.17. The van der Waals surface area contributed by atoms with E-state index in [0.717, 1.165) is 18.7 Å². The molecule has 1 atom stereocenters. The van der Waals surface area contributed by atoms with Crippen LogP contribution in [0.25, 0.3) is 0 Å². The van der Waals surface area contributed by atoms with Crippen molar-refractivity contribution in [2.24, 2.45) is 0 Å². The lowest BCUT2D eigenvalue weighted by atomic mass is 9.83. The smallest absolute Gasteiger partial charge is 0.125 e. The number of hydrogen-bond donors (Lipinski definition) is 1. The molecule has 2 heteroatoms. The highest BCUT2D eigenvalue weighted by atomic mass is 16.5. The van der Waals surface area contributed by atoms with Gasteiger partial charge in [-0.25, -0.2) is 0 Å². The summed E-state index contributed by atoms with van der Waals surface area (Å²) in [6.07, 6.45) is 10.1. The van der Waals surface area contributed by atoms with E-state index in [1.54, 1.807) is 0 Å². The van der Waals surface area contributed by atoms with E-state index in [-0.39, 0.29) is 5.60 Å². The van der Waals surface area contributed by atoms with Crippen molar-refractivity contribution >= 4 is 0 Å². The fourth-order valence-electron chi connectivity index (χ4n) is 4.37. The molecule has 1 spiro atoms. The monoisotopic (exact) mass is 301 g/mol. The average Bonchev–Trinajstić information content (AvgIpc) is 2.90. The molecular weight excluding hydrogens is 270 g/mol. The largest absolute Gasteiger partial charge is 0.487 e. The highest BCUT2D eigenvalue weighted by molar-refractivity contribution is 5.47. The standard InChI is InChI=1S/C20H31NO/c1-4-5-8-11-21-17-14-20(9-6-7-10-20)22-18-13-15(2)12-16(3)19(17)18/h12-13,17,21H,4-11,14H2,1-3H3. The highest BCUT2D eigenvalue weighted by Gasteiger charge is 2.43. The van der Waals surface area contributed by atoms with Gasteiger partial charge in [0.15, 0.2) is 0 Å². The minimum Gasteiger partial charge on any atom is -0.487 e. The Morgan fingerprint density at radius 1 is 1.18 bits per heavy atom. The van der Waals surface area contributed by atoms with Gasteiger partial charge >= 0.3 is 0 Å². The first kappa shape index (κ1) is 15.9. The van der Waals surface area contributed by atoms with Crippen molar-refractivity contribution < 1.29 is 4.74 Å². The van der Waals surface area contributed by atoms with E-state index in [9.17, 15) is 0 Å². The van der Waals surface area contributed by atoms with Crippen molar-refractivity contribution in [1.82, 2.24) is 5.32 Å². The summed E-state index contributed by atoms with van der Waals surface area (Å²) in [6, 6.07) is 5.02. The van der Waals surface area contributed by atoms with Crippen LogP contribution in [0.15, 0.2) is 12.1 Å². The second-order valence-corrected chi connectivity index (χ2v) is 7.40. The molecule has 2 aliphatic rings. The summed E-state index contributed by atoms with van der Waals surface area (Å²) in [7, 11) is 0. The van der Waals surface area contributed by atoms with Crippen molar-refractivity contribution in [1.29, 1.82) is 0 Å². The van der Waals surface area contributed by atoms with E-state index in [1.165, 1.54) is 61.6 Å². The Morgan fingerprint density at radius 2 is 1.95 bits per heavy atom. The highest BCUT2D eigenvalue weighted by Crippen LogP contribution is 2.48. The zero-order valence-electron chi connectivity index (χ0n) is 14.5. The lowest BCUT2D eigenvalue weighted by Gasteiger charge is -2.41. The van der Waals surface area contributed by atoms with Crippen LogP contribution >= 0.6 is 0 Å². The summed E-state index contributed by atoms with van der Waals surface area (Å²) < 4.78 is 6.56. The second-order valence-electron chi connectivity index (χ2n) is 7.40. The van der Waals surface area contributed by atoms with Crippen LogP contribution < -0.4 is 10.1 Å². The van der Waals surface area contributed by atoms with Gasteiger partial charge < -0.3 is 10.1 Å². The maximum Gasteiger partial charge on any atom is 0.125 e. The van der Waals surface area contributed by atoms with Crippen molar-refractivity contribution in [2.45, 2.75) is 83.8 Å². The van der Waals surface area contributed by atoms with Crippen LogP contribution in [-0.4, -0.2) is 12.1 Å². The van der Waals surface area contributed by atoms with Crippen LogP contribution in [0.5, 0.6) is 5.75 Å². The number of hydrogen-bond acceptors (Lipinski definition) is 2. The van der Waals surface area contributed by atoms with Crippen LogP contribution in [0.3, 0.4) is 0 Å². The van der Waals surface area contributed by atoms with E-state index in [1.807, 2.05) is 0 Å². The average molecular weight is 301 g/mol. The van der Waals surface area contributed by atoms with Gasteiger partial charge in [-0.2, -0.15) is 0 Å². The van der Waals surface area contributed by atoms with Crippen molar-refractivity contribution in [3.05, 3.63) is 28.8 Å². The molecule has 0 radical (unpaired) electrons. The third-order valence-corrected chi connectivity index (χ3v) is 5.43. The molecule has 0 amide bonds. The molecule has 122 valence electrons. The van der Waals surface area contributed by atoms with Gasteiger partial charge in [0.1, 0.15) is 11.4 Å². The summed E-state index contributed by atoms with van der Waals surface area (Å²) in [4.78, 5) is 0. The van der Waals surface area contributed by atoms with Gasteiger partial charge in [0.25, 0.3) is 0 Å². The van der Waals surface area contributed by atoms with Gasteiger partial charge in [-0.15, -0.1) is 0 Å². The SMILES string of the molecule is CCCCCNC1CC2(CCCC2)Oc2cc(C)cc(C)c21. The lowest BCUT2D eigenvalue weighted by molar-refractivity contribution is 0.0364. The Morgan fingerprint density at radius 3 is 2.68 bits per heavy atom. The number of unbranched alkanes of at least 4 members (excludes halogenated alkanes) is 2. The van der Waals surface area contributed by atoms with E-state index in [0.29, 0.717) is 6.04 Å². The molecule has 22 heavy (non-hydrogen) atoms. The third-order valence-electron chi connectivity index (χ3n) is 5.43. The second kappa shape index (κ2) is 6.62. The van der Waals surface area contributed by atoms with Gasteiger partial charge in [0.05, 0.1) is 0 Å². The topological polar surface area (TPSA) is 21.3 Å². The predicted octanol–water partition coefficient (Wildman–Crippen LogP) is 5.22. The summed E-state index contributed by atoms with van der Waals surface area (Å²) in [5.41, 5.74) is 4.22. The molecular formula is C20H31NO. The molecule has 1 aliphatic carbocycles. The number of benzene rings is 1. The Hall–Kier alpha value is -1.02. The Bertz CT molecular complexity index is 517. The van der Waals surface area contributed by atoms with Crippen molar-refractivity contribution in [3.8, 4) is 5.75 Å². The summed E-state index contributed by atoms with van der Waals surface area (Å²) in [5.74, 6) is 1.15. The van der Waals surface area contributed by atoms with Crippen LogP contribution in [0.2, 0.25) is 0 Å². The van der Waals surface area contributed by atoms with Crippen molar-refractivity contribution in [3.63, 3.8) is 0 Å². The molecule has 1 fully saturated rings. The fourth-order valence-corrected chi connectivity index (χ4v) is 4.37. The number of ether oxygens (including phenoxy) is 1. The molecule has 1 aromatic carbocycles. The molecule has 0 aromatic heterocycles. The summed E-state index contributed by atoms with van der Waals surface area (Å²) in [5, 5.41) is 3.84. The van der Waals surface area contributed by atoms with Gasteiger partial charge in [-0.3, -0.25) is 0 Å². The number of rotatable bonds is 5. The van der Waals surface area contributed by atoms with Gasteiger partial charge in [0, 0.05) is 18.0 Å². The molecule has 1 saturated carbocycles. The zero-order valence-corrected chi connectivity index (χ0v) is 14.5. The number of aryl methyl sites for hydroxylation is 2. The maximum atomic E-state index is 6.56. The minimum absolute atomic E-state index is 0.107. The van der Waals surface area contributed by atoms with Crippen molar-refractivity contribution in [2.75, 3.05) is 6.54 Å². The molecule has 0 saturated heterocycles. The zero-order chi connectivity index (χ0) is 15.6. The van der Waals surface area contributed by atoms with E-state index < -0.39 is 0 Å². The number of nitrogens with one attached hydrogen (secondary N) is 1. The molecule has 1 aliphatic heterocycles. The fraction of sp³-hybridized carbons (Fsp3) is 0.700. The van der Waals surface area contributed by atoms with Crippen LogP contribution in [0.1, 0.15) is 81.0 Å².